The van der Waals surface area contributed by atoms with Gasteiger partial charge in [0, 0.05) is 20.1 Å². The first-order valence-electron chi connectivity index (χ1n) is 6.27. The molecule has 0 saturated carbocycles. The predicted molar refractivity (Wildman–Crippen MR) is 70.2 cm³/mol. The minimum atomic E-state index is -4.40. The molecule has 1 aromatic rings. The van der Waals surface area contributed by atoms with E-state index in [0.717, 1.165) is 12.6 Å². The standard InChI is InChI=1S/C13H20F3N3/c1-10(2)9-17-7-8-19(3)12-6-4-5-11(18-12)13(14,15)16/h4-6,10,17H,7-9H2,1-3H3. The third-order valence-electron chi connectivity index (χ3n) is 2.59. The molecule has 3 nitrogen and oxygen atoms in total. The molecule has 0 atom stereocenters. The molecular weight excluding hydrogens is 255 g/mol. The van der Waals surface area contributed by atoms with E-state index in [0.29, 0.717) is 24.8 Å². The van der Waals surface area contributed by atoms with E-state index < -0.39 is 11.9 Å². The fourth-order valence-electron chi connectivity index (χ4n) is 1.55. The Labute approximate surface area is 111 Å². The molecule has 19 heavy (non-hydrogen) atoms. The van der Waals surface area contributed by atoms with Crippen molar-refractivity contribution in [3.63, 3.8) is 0 Å². The summed E-state index contributed by atoms with van der Waals surface area (Å²) in [5.41, 5.74) is -0.855. The summed E-state index contributed by atoms with van der Waals surface area (Å²) < 4.78 is 37.6. The highest BCUT2D eigenvalue weighted by Gasteiger charge is 2.32. The summed E-state index contributed by atoms with van der Waals surface area (Å²) in [7, 11) is 1.74. The van der Waals surface area contributed by atoms with Crippen molar-refractivity contribution in [1.29, 1.82) is 0 Å². The van der Waals surface area contributed by atoms with Gasteiger partial charge in [-0.25, -0.2) is 4.98 Å². The van der Waals surface area contributed by atoms with E-state index in [2.05, 4.69) is 24.1 Å². The van der Waals surface area contributed by atoms with Crippen LogP contribution in [0, 0.1) is 5.92 Å². The molecule has 0 fully saturated rings. The summed E-state index contributed by atoms with van der Waals surface area (Å²) >= 11 is 0. The van der Waals surface area contributed by atoms with Crippen molar-refractivity contribution in [3.8, 4) is 0 Å². The normalized spacial score (nSPS) is 11.9. The zero-order chi connectivity index (χ0) is 14.5. The first-order valence-corrected chi connectivity index (χ1v) is 6.27. The van der Waals surface area contributed by atoms with E-state index in [-0.39, 0.29) is 0 Å². The molecule has 0 spiro atoms. The average Bonchev–Trinajstić information content (AvgIpc) is 2.33. The third kappa shape index (κ3) is 5.46. The summed E-state index contributed by atoms with van der Waals surface area (Å²) in [5.74, 6) is 0.887. The van der Waals surface area contributed by atoms with Crippen LogP contribution in [0.4, 0.5) is 19.0 Å². The lowest BCUT2D eigenvalue weighted by atomic mass is 10.2. The van der Waals surface area contributed by atoms with Crippen molar-refractivity contribution in [2.24, 2.45) is 5.92 Å². The van der Waals surface area contributed by atoms with Crippen molar-refractivity contribution in [1.82, 2.24) is 10.3 Å². The molecule has 1 N–H and O–H groups in total. The van der Waals surface area contributed by atoms with E-state index in [1.54, 1.807) is 18.0 Å². The molecule has 6 heteroatoms. The summed E-state index contributed by atoms with van der Waals surface area (Å²) in [6.45, 7) is 6.42. The molecule has 0 saturated heterocycles. The third-order valence-corrected chi connectivity index (χ3v) is 2.59. The molecular formula is C13H20F3N3. The van der Waals surface area contributed by atoms with Crippen LogP contribution in [-0.4, -0.2) is 31.7 Å². The first-order chi connectivity index (χ1) is 8.80. The number of nitrogens with zero attached hydrogens (tertiary/aromatic N) is 2. The van der Waals surface area contributed by atoms with Gasteiger partial charge in [-0.3, -0.25) is 0 Å². The number of anilines is 1. The second kappa shape index (κ2) is 6.75. The Morgan fingerprint density at radius 1 is 1.32 bits per heavy atom. The lowest BCUT2D eigenvalue weighted by Gasteiger charge is -2.19. The van der Waals surface area contributed by atoms with E-state index in [9.17, 15) is 13.2 Å². The van der Waals surface area contributed by atoms with Gasteiger partial charge in [0.1, 0.15) is 11.5 Å². The maximum absolute atomic E-state index is 12.5. The predicted octanol–water partition coefficient (Wildman–Crippen LogP) is 2.78. The van der Waals surface area contributed by atoms with E-state index in [4.69, 9.17) is 0 Å². The molecule has 1 heterocycles. The Morgan fingerprint density at radius 3 is 2.58 bits per heavy atom. The first kappa shape index (κ1) is 15.8. The van der Waals surface area contributed by atoms with Crippen LogP contribution >= 0.6 is 0 Å². The molecule has 0 aliphatic heterocycles. The zero-order valence-electron chi connectivity index (χ0n) is 11.5. The van der Waals surface area contributed by atoms with E-state index in [1.165, 1.54) is 6.07 Å². The maximum Gasteiger partial charge on any atom is 0.433 e. The number of alkyl halides is 3. The van der Waals surface area contributed by atoms with E-state index >= 15 is 0 Å². The molecule has 0 amide bonds. The Morgan fingerprint density at radius 2 is 2.00 bits per heavy atom. The largest absolute Gasteiger partial charge is 0.433 e. The van der Waals surface area contributed by atoms with Crippen molar-refractivity contribution in [2.75, 3.05) is 31.6 Å². The Kier molecular flexibility index (Phi) is 5.60. The molecule has 0 radical (unpaired) electrons. The Hall–Kier alpha value is -1.30. The van der Waals surface area contributed by atoms with Crippen LogP contribution in [0.3, 0.4) is 0 Å². The van der Waals surface area contributed by atoms with Gasteiger partial charge in [-0.2, -0.15) is 13.2 Å². The SMILES string of the molecule is CC(C)CNCCN(C)c1cccc(C(F)(F)F)n1. The van der Waals surface area contributed by atoms with Crippen molar-refractivity contribution in [2.45, 2.75) is 20.0 Å². The highest BCUT2D eigenvalue weighted by Crippen LogP contribution is 2.28. The van der Waals surface area contributed by atoms with Crippen LogP contribution in [0.15, 0.2) is 18.2 Å². The lowest BCUT2D eigenvalue weighted by molar-refractivity contribution is -0.141. The molecule has 0 aliphatic carbocycles. The second-order valence-corrected chi connectivity index (χ2v) is 4.90. The van der Waals surface area contributed by atoms with Crippen molar-refractivity contribution in [3.05, 3.63) is 23.9 Å². The zero-order valence-corrected chi connectivity index (χ0v) is 11.5. The summed E-state index contributed by atoms with van der Waals surface area (Å²) in [4.78, 5) is 5.34. The van der Waals surface area contributed by atoms with E-state index in [1.807, 2.05) is 0 Å². The minimum Gasteiger partial charge on any atom is -0.358 e. The molecule has 0 aromatic carbocycles. The van der Waals surface area contributed by atoms with Crippen molar-refractivity contribution >= 4 is 5.82 Å². The van der Waals surface area contributed by atoms with Gasteiger partial charge in [-0.1, -0.05) is 19.9 Å². The highest BCUT2D eigenvalue weighted by atomic mass is 19.4. The van der Waals surface area contributed by atoms with Gasteiger partial charge in [-0.15, -0.1) is 0 Å². The van der Waals surface area contributed by atoms with Gasteiger partial charge in [0.2, 0.25) is 0 Å². The smallest absolute Gasteiger partial charge is 0.358 e. The minimum absolute atomic E-state index is 0.334. The fraction of sp³-hybridized carbons (Fsp3) is 0.615. The fourth-order valence-corrected chi connectivity index (χ4v) is 1.55. The van der Waals surface area contributed by atoms with Crippen LogP contribution < -0.4 is 10.2 Å². The number of hydrogen-bond acceptors (Lipinski definition) is 3. The summed E-state index contributed by atoms with van der Waals surface area (Å²) in [5, 5.41) is 3.24. The number of rotatable bonds is 6. The van der Waals surface area contributed by atoms with Crippen LogP contribution in [0.5, 0.6) is 0 Å². The van der Waals surface area contributed by atoms with Gasteiger partial charge < -0.3 is 10.2 Å². The number of aromatic nitrogens is 1. The van der Waals surface area contributed by atoms with Crippen LogP contribution in [0.25, 0.3) is 0 Å². The quantitative estimate of drug-likeness (QED) is 0.809. The van der Waals surface area contributed by atoms with Crippen molar-refractivity contribution < 1.29 is 13.2 Å². The number of pyridine rings is 1. The van der Waals surface area contributed by atoms with Gasteiger partial charge in [0.25, 0.3) is 0 Å². The molecule has 0 aliphatic rings. The summed E-state index contributed by atoms with van der Waals surface area (Å²) in [6.07, 6.45) is -4.40. The lowest BCUT2D eigenvalue weighted by Crippen LogP contribution is -2.31. The van der Waals surface area contributed by atoms with Crippen LogP contribution in [-0.2, 0) is 6.18 Å². The Balaban J connectivity index is 2.55. The maximum atomic E-state index is 12.5. The number of nitrogens with one attached hydrogen (secondary N) is 1. The molecule has 1 rings (SSSR count). The van der Waals surface area contributed by atoms with Gasteiger partial charge in [0.15, 0.2) is 0 Å². The number of halogens is 3. The monoisotopic (exact) mass is 275 g/mol. The molecule has 0 unspecified atom stereocenters. The molecule has 1 aromatic heterocycles. The summed E-state index contributed by atoms with van der Waals surface area (Å²) in [6, 6.07) is 3.94. The average molecular weight is 275 g/mol. The number of hydrogen-bond donors (Lipinski definition) is 1. The van der Waals surface area contributed by atoms with Gasteiger partial charge >= 0.3 is 6.18 Å². The topological polar surface area (TPSA) is 28.2 Å². The van der Waals surface area contributed by atoms with Crippen LogP contribution in [0.2, 0.25) is 0 Å². The molecule has 0 bridgehead atoms. The van der Waals surface area contributed by atoms with Gasteiger partial charge in [0.05, 0.1) is 0 Å². The second-order valence-electron chi connectivity index (χ2n) is 4.90. The van der Waals surface area contributed by atoms with Crippen LogP contribution in [0.1, 0.15) is 19.5 Å². The number of likely N-dealkylation sites (N-methyl/N-ethyl adjacent to an activating group) is 1. The highest BCUT2D eigenvalue weighted by molar-refractivity contribution is 5.38. The van der Waals surface area contributed by atoms with Gasteiger partial charge in [-0.05, 0) is 24.6 Å². The Bertz CT molecular complexity index is 391. The molecule has 108 valence electrons.